The molecule has 0 aliphatic carbocycles. The zero-order valence-corrected chi connectivity index (χ0v) is 38.0. The number of aliphatic hydroxyl groups is 1. The summed E-state index contributed by atoms with van der Waals surface area (Å²) in [6.45, 7) is 21.9. The van der Waals surface area contributed by atoms with Crippen LogP contribution in [0.15, 0.2) is 11.3 Å². The molecule has 0 aromatic carbocycles. The molecule has 0 spiro atoms. The quantitative estimate of drug-likeness (QED) is 0.212. The minimum atomic E-state index is -1.87. The van der Waals surface area contributed by atoms with E-state index in [1.807, 2.05) is 53.6 Å². The van der Waals surface area contributed by atoms with Gasteiger partial charge in [0.15, 0.2) is 24.8 Å². The number of carbonyl (C=O) groups excluding carboxylic acids is 4. The van der Waals surface area contributed by atoms with Crippen LogP contribution in [0.3, 0.4) is 0 Å². The van der Waals surface area contributed by atoms with E-state index < -0.39 is 114 Å². The number of carbonyl (C=O) groups is 4. The van der Waals surface area contributed by atoms with Gasteiger partial charge < -0.3 is 57.4 Å². The fraction of sp³-hybridized carbons (Fsp3) is 0.860. The summed E-state index contributed by atoms with van der Waals surface area (Å²) in [4.78, 5) is 53.6. The van der Waals surface area contributed by atoms with Gasteiger partial charge in [-0.25, -0.2) is 0 Å². The maximum Gasteiger partial charge on any atom is 0.311 e. The zero-order valence-electron chi connectivity index (χ0n) is 38.0. The average Bonchev–Trinajstić information content (AvgIpc) is 3.45. The molecule has 2 unspecified atom stereocenters. The molecule has 59 heavy (non-hydrogen) atoms. The van der Waals surface area contributed by atoms with Gasteiger partial charge in [-0.1, -0.05) is 20.8 Å². The highest BCUT2D eigenvalue weighted by Crippen LogP contribution is 2.48. The van der Waals surface area contributed by atoms with Gasteiger partial charge in [-0.2, -0.15) is 0 Å². The van der Waals surface area contributed by atoms with Crippen LogP contribution >= 0.6 is 0 Å². The van der Waals surface area contributed by atoms with Crippen molar-refractivity contribution in [3.8, 4) is 0 Å². The second kappa shape index (κ2) is 19.0. The topological polar surface area (TPSA) is 184 Å². The minimum absolute atomic E-state index is 0.123. The fourth-order valence-corrected chi connectivity index (χ4v) is 9.81. The number of fused-ring (bicyclic) bond motifs is 2. The van der Waals surface area contributed by atoms with E-state index in [4.69, 9.17) is 47.4 Å². The van der Waals surface area contributed by atoms with Gasteiger partial charge >= 0.3 is 23.9 Å². The van der Waals surface area contributed by atoms with E-state index in [0.717, 1.165) is 5.57 Å². The van der Waals surface area contributed by atoms with E-state index in [0.29, 0.717) is 18.6 Å². The number of ether oxygens (including phenoxy) is 10. The fourth-order valence-electron chi connectivity index (χ4n) is 9.81. The van der Waals surface area contributed by atoms with Crippen molar-refractivity contribution in [2.24, 2.45) is 17.8 Å². The number of esters is 4. The second-order valence-electron chi connectivity index (χ2n) is 18.1. The molecular weight excluding hydrogens is 770 g/mol. The van der Waals surface area contributed by atoms with Gasteiger partial charge in [-0.15, -0.1) is 0 Å². The summed E-state index contributed by atoms with van der Waals surface area (Å²) >= 11 is 0. The first-order chi connectivity index (χ1) is 27.3. The second-order valence-corrected chi connectivity index (χ2v) is 18.1. The van der Waals surface area contributed by atoms with Crippen molar-refractivity contribution in [2.75, 3.05) is 21.2 Å². The lowest BCUT2D eigenvalue weighted by atomic mass is 9.78. The van der Waals surface area contributed by atoms with Crippen LogP contribution < -0.4 is 0 Å². The van der Waals surface area contributed by atoms with Crippen LogP contribution in [0.1, 0.15) is 116 Å². The first kappa shape index (κ1) is 48.8. The normalized spacial score (nSPS) is 40.8. The lowest BCUT2D eigenvalue weighted by Crippen LogP contribution is -2.61. The molecule has 3 saturated heterocycles. The highest BCUT2D eigenvalue weighted by Gasteiger charge is 2.58. The number of rotatable bonds is 12. The summed E-state index contributed by atoms with van der Waals surface area (Å²) in [5, 5.41) is 12.3. The molecule has 4 rings (SSSR count). The molecule has 4 aliphatic rings. The molecule has 0 aromatic heterocycles. The molecule has 0 amide bonds. The highest BCUT2D eigenvalue weighted by molar-refractivity contribution is 5.73. The molecule has 2 bridgehead atoms. The van der Waals surface area contributed by atoms with Crippen molar-refractivity contribution in [3.63, 3.8) is 0 Å². The van der Waals surface area contributed by atoms with Crippen molar-refractivity contribution in [1.82, 2.24) is 4.90 Å². The molecule has 4 aliphatic heterocycles. The van der Waals surface area contributed by atoms with E-state index in [1.54, 1.807) is 27.7 Å². The van der Waals surface area contributed by atoms with Crippen LogP contribution in [0.5, 0.6) is 0 Å². The molecule has 3 fully saturated rings. The maximum atomic E-state index is 14.7. The molecule has 4 heterocycles. The standard InChI is InChI=1S/C43H71NO15/c1-17-31(53-27(8)45)43(13,49)37-23(4)33-21(2)19-42(12,59-33)36(58-40-35(54-28(9)46)30(44(14)15)18-22(3)51-40)24(5)34(25(6)39(48)57-37)56-32-20-41(11,50-16)38(26(7)52-32)55-29(10)47/h22-26,30-32,34-38,40,49H,17-20H2,1-16H3/t22-,23-,24+,25-,26+,30+,31-,32?,34+,35-,36-,37-,38+,40?,41-,42-,43-/m1/s1. The van der Waals surface area contributed by atoms with E-state index in [1.165, 1.54) is 34.8 Å². The average molecular weight is 842 g/mol. The Morgan fingerprint density at radius 1 is 0.932 bits per heavy atom. The van der Waals surface area contributed by atoms with Gasteiger partial charge in [0.25, 0.3) is 0 Å². The van der Waals surface area contributed by atoms with Crippen molar-refractivity contribution in [3.05, 3.63) is 11.3 Å². The van der Waals surface area contributed by atoms with E-state index in [2.05, 4.69) is 0 Å². The Hall–Kier alpha value is -2.86. The smallest absolute Gasteiger partial charge is 0.311 e. The predicted octanol–water partition coefficient (Wildman–Crippen LogP) is 4.60. The molecule has 16 nitrogen and oxygen atoms in total. The Morgan fingerprint density at radius 3 is 2.10 bits per heavy atom. The first-order valence-corrected chi connectivity index (χ1v) is 21.0. The molecule has 0 aromatic rings. The van der Waals surface area contributed by atoms with Gasteiger partial charge in [0, 0.05) is 46.6 Å². The summed E-state index contributed by atoms with van der Waals surface area (Å²) < 4.78 is 63.3. The SMILES string of the molecule is CC[C@@H](OC(C)=O)[C@@](C)(O)[C@@H]1OC(=O)[C@H](C)[C@@H](OC2C[C@@](C)(OC)[C@@H](OC(C)=O)[C@H](C)O2)[C@H](C)[C@@H](OC2O[C@H](C)C[C@H](N(C)C)[C@H]2OC(C)=O)[C@@]2(C)CC(C)=C(O2)[C@H]1C. The summed E-state index contributed by atoms with van der Waals surface area (Å²) in [6, 6.07) is -0.250. The molecular formula is C43H71NO15. The maximum absolute atomic E-state index is 14.7. The molecule has 0 radical (unpaired) electrons. The van der Waals surface area contributed by atoms with Crippen LogP contribution in [-0.4, -0.2) is 139 Å². The highest BCUT2D eigenvalue weighted by atomic mass is 16.7. The Bertz CT molecular complexity index is 1550. The van der Waals surface area contributed by atoms with Crippen LogP contribution in [-0.2, 0) is 66.5 Å². The van der Waals surface area contributed by atoms with E-state index in [9.17, 15) is 24.3 Å². The third-order valence-electron chi connectivity index (χ3n) is 12.7. The predicted molar refractivity (Wildman–Crippen MR) is 212 cm³/mol. The summed E-state index contributed by atoms with van der Waals surface area (Å²) in [5.74, 6) is -4.19. The van der Waals surface area contributed by atoms with Gasteiger partial charge in [-0.05, 0) is 81.0 Å². The van der Waals surface area contributed by atoms with Crippen LogP contribution in [0.25, 0.3) is 0 Å². The zero-order chi connectivity index (χ0) is 44.5. The van der Waals surface area contributed by atoms with Crippen molar-refractivity contribution in [1.29, 1.82) is 0 Å². The van der Waals surface area contributed by atoms with Crippen LogP contribution in [0.4, 0.5) is 0 Å². The van der Waals surface area contributed by atoms with Crippen LogP contribution in [0.2, 0.25) is 0 Å². The number of hydrogen-bond donors (Lipinski definition) is 1. The lowest BCUT2D eigenvalue weighted by Gasteiger charge is -2.49. The Kier molecular flexibility index (Phi) is 15.7. The monoisotopic (exact) mass is 841 g/mol. The molecule has 338 valence electrons. The number of methoxy groups -OCH3 is 1. The Balaban J connectivity index is 1.88. The largest absolute Gasteiger partial charge is 0.488 e. The molecule has 16 heteroatoms. The number of hydrogen-bond acceptors (Lipinski definition) is 16. The number of nitrogens with zero attached hydrogens (tertiary/aromatic N) is 1. The summed E-state index contributed by atoms with van der Waals surface area (Å²) in [6.07, 6.45) is -7.39. The van der Waals surface area contributed by atoms with Crippen molar-refractivity contribution >= 4 is 23.9 Å². The minimum Gasteiger partial charge on any atom is -0.488 e. The third kappa shape index (κ3) is 10.6. The van der Waals surface area contributed by atoms with Crippen molar-refractivity contribution in [2.45, 2.75) is 200 Å². The molecule has 0 saturated carbocycles. The van der Waals surface area contributed by atoms with E-state index >= 15 is 0 Å². The first-order valence-electron chi connectivity index (χ1n) is 21.0. The summed E-state index contributed by atoms with van der Waals surface area (Å²) in [5.41, 5.74) is -3.19. The number of cyclic esters (lactones) is 1. The summed E-state index contributed by atoms with van der Waals surface area (Å²) in [7, 11) is 5.34. The van der Waals surface area contributed by atoms with Gasteiger partial charge in [0.05, 0.1) is 36.2 Å². The lowest BCUT2D eigenvalue weighted by molar-refractivity contribution is -0.318. The van der Waals surface area contributed by atoms with E-state index in [-0.39, 0.29) is 25.0 Å². The van der Waals surface area contributed by atoms with Gasteiger partial charge in [-0.3, -0.25) is 19.2 Å². The van der Waals surface area contributed by atoms with Gasteiger partial charge in [0.2, 0.25) is 0 Å². The van der Waals surface area contributed by atoms with Crippen LogP contribution in [0, 0.1) is 17.8 Å². The Labute approximate surface area is 350 Å². The molecule has 1 N–H and O–H groups in total. The molecule has 17 atom stereocenters. The Morgan fingerprint density at radius 2 is 1.56 bits per heavy atom. The number of likely N-dealkylation sites (N-methyl/N-ethyl adjacent to an activating group) is 1. The van der Waals surface area contributed by atoms with Gasteiger partial charge in [0.1, 0.15) is 40.9 Å². The van der Waals surface area contributed by atoms with Crippen molar-refractivity contribution < 1.29 is 71.7 Å². The third-order valence-corrected chi connectivity index (χ3v) is 12.7.